The monoisotopic (exact) mass is 213 g/mol. The van der Waals surface area contributed by atoms with Gasteiger partial charge in [0.05, 0.1) is 6.04 Å². The molecule has 0 spiro atoms. The van der Waals surface area contributed by atoms with Crippen molar-refractivity contribution < 1.29 is 4.79 Å². The zero-order valence-corrected chi connectivity index (χ0v) is 9.01. The first-order chi connectivity index (χ1) is 6.74. The Morgan fingerprint density at radius 1 is 1.79 bits per heavy atom. The molecule has 0 aliphatic heterocycles. The van der Waals surface area contributed by atoms with Crippen molar-refractivity contribution in [2.75, 3.05) is 0 Å². The Bertz CT molecular complexity index is 274. The number of urea groups is 1. The molecule has 5 heteroatoms. The Balaban J connectivity index is 2.57. The maximum absolute atomic E-state index is 10.8. The van der Waals surface area contributed by atoms with E-state index in [2.05, 4.69) is 17.2 Å². The number of nitrogens with two attached hydrogens (primary N) is 1. The predicted molar refractivity (Wildman–Crippen MR) is 57.1 cm³/mol. The molecule has 4 nitrogen and oxygen atoms in total. The number of thiazole rings is 1. The van der Waals surface area contributed by atoms with Crippen LogP contribution in [0.5, 0.6) is 0 Å². The predicted octanol–water partition coefficient (Wildman–Crippen LogP) is 2.04. The van der Waals surface area contributed by atoms with Crippen LogP contribution in [-0.2, 0) is 0 Å². The minimum atomic E-state index is -0.485. The van der Waals surface area contributed by atoms with E-state index >= 15 is 0 Å². The number of nitrogens with one attached hydrogen (secondary N) is 1. The van der Waals surface area contributed by atoms with Crippen LogP contribution in [0.2, 0.25) is 0 Å². The summed E-state index contributed by atoms with van der Waals surface area (Å²) in [5, 5.41) is 5.53. The molecular weight excluding hydrogens is 198 g/mol. The maximum Gasteiger partial charge on any atom is 0.312 e. The van der Waals surface area contributed by atoms with Crippen molar-refractivity contribution in [1.82, 2.24) is 10.3 Å². The van der Waals surface area contributed by atoms with E-state index in [4.69, 9.17) is 5.73 Å². The number of rotatable bonds is 5. The van der Waals surface area contributed by atoms with Crippen molar-refractivity contribution in [3.05, 3.63) is 16.6 Å². The average molecular weight is 213 g/mol. The molecule has 1 rings (SSSR count). The fourth-order valence-corrected chi connectivity index (χ4v) is 1.97. The lowest BCUT2D eigenvalue weighted by Crippen LogP contribution is -2.33. The van der Waals surface area contributed by atoms with Gasteiger partial charge in [-0.05, 0) is 6.42 Å². The van der Waals surface area contributed by atoms with Crippen molar-refractivity contribution in [2.24, 2.45) is 5.73 Å². The van der Waals surface area contributed by atoms with Gasteiger partial charge in [-0.2, -0.15) is 0 Å². The number of amides is 2. The van der Waals surface area contributed by atoms with Gasteiger partial charge in [0.1, 0.15) is 5.01 Å². The molecule has 0 aliphatic carbocycles. The number of hydrogen-bond donors (Lipinski definition) is 2. The van der Waals surface area contributed by atoms with E-state index in [1.807, 2.05) is 5.38 Å². The second-order valence-corrected chi connectivity index (χ2v) is 4.00. The smallest absolute Gasteiger partial charge is 0.312 e. The summed E-state index contributed by atoms with van der Waals surface area (Å²) in [5.74, 6) is 0. The molecule has 3 N–H and O–H groups in total. The second-order valence-electron chi connectivity index (χ2n) is 3.07. The van der Waals surface area contributed by atoms with Gasteiger partial charge in [0, 0.05) is 11.6 Å². The zero-order valence-electron chi connectivity index (χ0n) is 8.19. The third-order valence-electron chi connectivity index (χ3n) is 1.91. The summed E-state index contributed by atoms with van der Waals surface area (Å²) in [7, 11) is 0. The molecular formula is C9H15N3OS. The van der Waals surface area contributed by atoms with E-state index in [0.29, 0.717) is 0 Å². The van der Waals surface area contributed by atoms with E-state index in [9.17, 15) is 4.79 Å². The van der Waals surface area contributed by atoms with Crippen molar-refractivity contribution in [2.45, 2.75) is 32.2 Å². The third-order valence-corrected chi connectivity index (χ3v) is 2.80. The van der Waals surface area contributed by atoms with Gasteiger partial charge in [-0.3, -0.25) is 0 Å². The van der Waals surface area contributed by atoms with E-state index in [-0.39, 0.29) is 6.04 Å². The van der Waals surface area contributed by atoms with Gasteiger partial charge in [-0.15, -0.1) is 11.3 Å². The Morgan fingerprint density at radius 2 is 2.57 bits per heavy atom. The molecule has 0 fully saturated rings. The zero-order chi connectivity index (χ0) is 10.4. The van der Waals surface area contributed by atoms with Crippen LogP contribution in [0.25, 0.3) is 0 Å². The lowest BCUT2D eigenvalue weighted by Gasteiger charge is -2.13. The van der Waals surface area contributed by atoms with Crippen LogP contribution in [0.4, 0.5) is 4.79 Å². The van der Waals surface area contributed by atoms with E-state index in [1.54, 1.807) is 17.5 Å². The molecule has 0 aliphatic rings. The van der Waals surface area contributed by atoms with Crippen molar-refractivity contribution in [3.63, 3.8) is 0 Å². The van der Waals surface area contributed by atoms with Gasteiger partial charge in [-0.25, -0.2) is 9.78 Å². The van der Waals surface area contributed by atoms with Crippen LogP contribution in [-0.4, -0.2) is 11.0 Å². The maximum atomic E-state index is 10.8. The van der Waals surface area contributed by atoms with Crippen LogP contribution in [0.1, 0.15) is 37.2 Å². The molecule has 1 aromatic heterocycles. The van der Waals surface area contributed by atoms with Gasteiger partial charge < -0.3 is 11.1 Å². The summed E-state index contributed by atoms with van der Waals surface area (Å²) in [6.45, 7) is 2.11. The number of hydrogen-bond acceptors (Lipinski definition) is 3. The SMILES string of the molecule is CCCCC(NC(N)=O)c1nccs1. The lowest BCUT2D eigenvalue weighted by atomic mass is 10.1. The molecule has 78 valence electrons. The minimum absolute atomic E-state index is 0.0209. The summed E-state index contributed by atoms with van der Waals surface area (Å²) in [6, 6.07) is -0.506. The summed E-state index contributed by atoms with van der Waals surface area (Å²) in [4.78, 5) is 14.9. The Kier molecular flexibility index (Phi) is 4.39. The number of primary amides is 1. The molecule has 1 aromatic rings. The quantitative estimate of drug-likeness (QED) is 0.786. The molecule has 1 atom stereocenters. The standard InChI is InChI=1S/C9H15N3OS/c1-2-3-4-7(12-9(10)13)8-11-5-6-14-8/h5-7H,2-4H2,1H3,(H3,10,12,13). The van der Waals surface area contributed by atoms with Crippen LogP contribution in [0, 0.1) is 0 Å². The third kappa shape index (κ3) is 3.33. The lowest BCUT2D eigenvalue weighted by molar-refractivity contribution is 0.244. The topological polar surface area (TPSA) is 68.0 Å². The molecule has 0 bridgehead atoms. The first kappa shape index (κ1) is 11.0. The van der Waals surface area contributed by atoms with Crippen molar-refractivity contribution >= 4 is 17.4 Å². The van der Waals surface area contributed by atoms with Crippen molar-refractivity contribution in [3.8, 4) is 0 Å². The average Bonchev–Trinajstić information content (AvgIpc) is 2.64. The Morgan fingerprint density at radius 3 is 3.07 bits per heavy atom. The molecule has 2 amide bonds. The molecule has 14 heavy (non-hydrogen) atoms. The molecule has 1 heterocycles. The van der Waals surface area contributed by atoms with Gasteiger partial charge >= 0.3 is 6.03 Å². The highest BCUT2D eigenvalue weighted by atomic mass is 32.1. The van der Waals surface area contributed by atoms with E-state index in [0.717, 1.165) is 24.3 Å². The highest BCUT2D eigenvalue weighted by molar-refractivity contribution is 7.09. The summed E-state index contributed by atoms with van der Waals surface area (Å²) in [5.41, 5.74) is 5.10. The number of aromatic nitrogens is 1. The van der Waals surface area contributed by atoms with Gasteiger partial charge in [0.25, 0.3) is 0 Å². The van der Waals surface area contributed by atoms with Gasteiger partial charge in [-0.1, -0.05) is 19.8 Å². The highest BCUT2D eigenvalue weighted by Crippen LogP contribution is 2.20. The molecule has 0 saturated carbocycles. The largest absolute Gasteiger partial charge is 0.352 e. The Hall–Kier alpha value is -1.10. The normalized spacial score (nSPS) is 12.4. The summed E-state index contributed by atoms with van der Waals surface area (Å²) >= 11 is 1.54. The van der Waals surface area contributed by atoms with E-state index in [1.165, 1.54) is 0 Å². The van der Waals surface area contributed by atoms with Crippen LogP contribution in [0.15, 0.2) is 11.6 Å². The van der Waals surface area contributed by atoms with Gasteiger partial charge in [0.15, 0.2) is 0 Å². The fraction of sp³-hybridized carbons (Fsp3) is 0.556. The number of carbonyl (C=O) groups excluding carboxylic acids is 1. The van der Waals surface area contributed by atoms with Crippen LogP contribution >= 0.6 is 11.3 Å². The first-order valence-electron chi connectivity index (χ1n) is 4.69. The van der Waals surface area contributed by atoms with E-state index < -0.39 is 6.03 Å². The molecule has 0 saturated heterocycles. The molecule has 0 radical (unpaired) electrons. The van der Waals surface area contributed by atoms with Crippen LogP contribution in [0.3, 0.4) is 0 Å². The van der Waals surface area contributed by atoms with Gasteiger partial charge in [0.2, 0.25) is 0 Å². The number of carbonyl (C=O) groups is 1. The second kappa shape index (κ2) is 5.59. The molecule has 0 aromatic carbocycles. The minimum Gasteiger partial charge on any atom is -0.352 e. The summed E-state index contributed by atoms with van der Waals surface area (Å²) in [6.07, 6.45) is 4.79. The highest BCUT2D eigenvalue weighted by Gasteiger charge is 2.14. The molecule has 1 unspecified atom stereocenters. The van der Waals surface area contributed by atoms with Crippen LogP contribution < -0.4 is 11.1 Å². The summed E-state index contributed by atoms with van der Waals surface area (Å²) < 4.78 is 0. The fourth-order valence-electron chi connectivity index (χ4n) is 1.24. The Labute approximate surface area is 87.5 Å². The first-order valence-corrected chi connectivity index (χ1v) is 5.57. The number of nitrogens with zero attached hydrogens (tertiary/aromatic N) is 1. The van der Waals surface area contributed by atoms with Crippen molar-refractivity contribution in [1.29, 1.82) is 0 Å². The number of unbranched alkanes of at least 4 members (excludes halogenated alkanes) is 1.